The molecule has 0 N–H and O–H groups in total. The first-order chi connectivity index (χ1) is 45.0. The Bertz CT molecular complexity index is 3300. The molecule has 7 aromatic rings. The van der Waals surface area contributed by atoms with Gasteiger partial charge in [0.15, 0.2) is 0 Å². The van der Waals surface area contributed by atoms with E-state index in [2.05, 4.69) is 317 Å². The minimum absolute atomic E-state index is 0. The SMILES string of the molecule is CC(/C=C(/C)[N-]c1c(C(C)C)cccc1C(C)C)=Nc1c(C(C)C)cccc1C(C)C.CC(/C=C(/C)[N-]c1c(C(C)C)cccc1C(C)C)=Nc1c(C(C)C)cccc1C(C)C.CC(C)c1cccc(C(C)C)c1[P-2].Cc1ccccc1.Cc1ccccc1.O=C([O-])CC(=O)[O-].[Sc+3].[Sc+3]. The molecule has 0 saturated heterocycles. The Kier molecular flexibility index (Phi) is 44.4. The normalized spacial score (nSPS) is 11.6. The number of carboxylic acids is 2. The maximum atomic E-state index is 9.28. The van der Waals surface area contributed by atoms with Gasteiger partial charge >= 0.3 is 51.7 Å². The van der Waals surface area contributed by atoms with Gasteiger partial charge in [-0.25, -0.2) is 0 Å². The Hall–Kier alpha value is -5.93. The first-order valence-electron chi connectivity index (χ1n) is 34.7. The van der Waals surface area contributed by atoms with Crippen LogP contribution in [0.15, 0.2) is 185 Å². The zero-order valence-electron chi connectivity index (χ0n) is 64.6. The van der Waals surface area contributed by atoms with Crippen molar-refractivity contribution >= 4 is 60.7 Å². The van der Waals surface area contributed by atoms with Crippen LogP contribution < -0.4 is 15.5 Å². The molecular formula is C87H117N4O4PSc2. The van der Waals surface area contributed by atoms with Gasteiger partial charge in [0.2, 0.25) is 0 Å². The summed E-state index contributed by atoms with van der Waals surface area (Å²) >= 11 is 0. The van der Waals surface area contributed by atoms with E-state index in [1.165, 1.54) is 72.1 Å². The van der Waals surface area contributed by atoms with Crippen LogP contribution in [0.3, 0.4) is 0 Å². The monoisotopic (exact) mass is 1400 g/mol. The fraction of sp³-hybridized carbons (Fsp3) is 0.425. The van der Waals surface area contributed by atoms with Gasteiger partial charge in [-0.05, 0) is 109 Å². The molecule has 0 bridgehead atoms. The number of para-hydroxylation sites is 4. The largest absolute Gasteiger partial charge is 3.00 e. The van der Waals surface area contributed by atoms with Crippen LogP contribution in [-0.4, -0.2) is 23.4 Å². The number of allylic oxidation sites excluding steroid dienone is 4. The molecule has 11 heteroatoms. The van der Waals surface area contributed by atoms with Crippen LogP contribution in [-0.2, 0) is 61.3 Å². The van der Waals surface area contributed by atoms with Crippen molar-refractivity contribution in [1.82, 2.24) is 0 Å². The van der Waals surface area contributed by atoms with Gasteiger partial charge in [0.25, 0.3) is 0 Å². The fourth-order valence-corrected chi connectivity index (χ4v) is 11.4. The van der Waals surface area contributed by atoms with Crippen LogP contribution in [0, 0.1) is 13.8 Å². The van der Waals surface area contributed by atoms with Gasteiger partial charge < -0.3 is 45.0 Å². The van der Waals surface area contributed by atoms with E-state index in [1.807, 2.05) is 36.4 Å². The molecule has 0 atom stereocenters. The average molecular weight is 1400 g/mol. The zero-order chi connectivity index (χ0) is 72.7. The van der Waals surface area contributed by atoms with Crippen LogP contribution in [0.2, 0.25) is 0 Å². The smallest absolute Gasteiger partial charge is 1.45 e. The summed E-state index contributed by atoms with van der Waals surface area (Å²) in [4.78, 5) is 28.7. The number of carbonyl (C=O) groups is 2. The molecule has 98 heavy (non-hydrogen) atoms. The van der Waals surface area contributed by atoms with Crippen molar-refractivity contribution in [2.75, 3.05) is 0 Å². The van der Waals surface area contributed by atoms with E-state index in [1.54, 1.807) is 0 Å². The molecule has 0 aliphatic heterocycles. The summed E-state index contributed by atoms with van der Waals surface area (Å²) in [6.45, 7) is 57.1. The minimum atomic E-state index is -1.63. The van der Waals surface area contributed by atoms with Crippen LogP contribution in [0.5, 0.6) is 0 Å². The third kappa shape index (κ3) is 32.6. The number of aryl methyl sites for hydroxylation is 2. The van der Waals surface area contributed by atoms with Gasteiger partial charge in [0, 0.05) is 29.8 Å². The van der Waals surface area contributed by atoms with Crippen molar-refractivity contribution in [2.24, 2.45) is 9.98 Å². The van der Waals surface area contributed by atoms with Crippen molar-refractivity contribution in [1.29, 1.82) is 0 Å². The van der Waals surface area contributed by atoms with Crippen molar-refractivity contribution < 1.29 is 71.5 Å². The molecular weight excluding hydrogens is 1290 g/mol. The van der Waals surface area contributed by atoms with Crippen molar-refractivity contribution in [2.45, 2.75) is 246 Å². The third-order valence-corrected chi connectivity index (χ3v) is 16.4. The summed E-state index contributed by atoms with van der Waals surface area (Å²) in [5, 5.41) is 29.9. The summed E-state index contributed by atoms with van der Waals surface area (Å²) in [5.41, 5.74) is 24.3. The third-order valence-electron chi connectivity index (χ3n) is 15.9. The molecule has 0 fully saturated rings. The number of hydrogen-bond acceptors (Lipinski definition) is 6. The van der Waals surface area contributed by atoms with E-state index < -0.39 is 18.4 Å². The summed E-state index contributed by atoms with van der Waals surface area (Å²) in [6.07, 6.45) is 3.20. The Morgan fingerprint density at radius 3 is 0.724 bits per heavy atom. The predicted molar refractivity (Wildman–Crippen MR) is 416 cm³/mol. The Balaban J connectivity index is 0.00000129. The molecule has 0 aromatic heterocycles. The van der Waals surface area contributed by atoms with Gasteiger partial charge in [-0.3, -0.25) is 9.98 Å². The van der Waals surface area contributed by atoms with Gasteiger partial charge in [-0.2, -0.15) is 11.4 Å². The van der Waals surface area contributed by atoms with E-state index in [0.717, 1.165) is 45.6 Å². The number of aliphatic carboxylic acids is 2. The maximum absolute atomic E-state index is 9.28. The number of aliphatic imine (C=N–C) groups is 2. The summed E-state index contributed by atoms with van der Waals surface area (Å²) in [7, 11) is 4.59. The second-order valence-corrected chi connectivity index (χ2v) is 28.5. The summed E-state index contributed by atoms with van der Waals surface area (Å²) < 4.78 is 0. The molecule has 0 heterocycles. The van der Waals surface area contributed by atoms with Gasteiger partial charge in [0.05, 0.1) is 11.4 Å². The molecule has 0 aliphatic rings. The maximum Gasteiger partial charge on any atom is 3.00 e. The Morgan fingerprint density at radius 2 is 0.551 bits per heavy atom. The fourth-order valence-electron chi connectivity index (χ4n) is 10.7. The molecule has 0 radical (unpaired) electrons. The number of rotatable bonds is 20. The number of carboxylic acid groups (broad SMARTS) is 2. The molecule has 0 spiro atoms. The van der Waals surface area contributed by atoms with E-state index in [9.17, 15) is 19.8 Å². The molecule has 0 amide bonds. The predicted octanol–water partition coefficient (Wildman–Crippen LogP) is 24.6. The van der Waals surface area contributed by atoms with Crippen LogP contribution >= 0.6 is 9.24 Å². The number of nitrogens with zero attached hydrogens (tertiary/aromatic N) is 4. The molecule has 0 unspecified atom stereocenters. The Labute approximate surface area is 635 Å². The quantitative estimate of drug-likeness (QED) is 0.0427. The van der Waals surface area contributed by atoms with Gasteiger partial charge in [-0.15, -0.1) is 22.5 Å². The molecule has 7 rings (SSSR count). The molecule has 8 nitrogen and oxygen atoms in total. The minimum Gasteiger partial charge on any atom is -1.45 e. The van der Waals surface area contributed by atoms with Crippen molar-refractivity contribution in [3.05, 3.63) is 253 Å². The standard InChI is InChI=1S/2C29H41N2.C12H17P.2C7H8.C3H4O4.2Sc/c2*1-18(2)24-13-11-14-25(19(3)4)28(24)30-22(9)17-23(10)31-29-26(20(5)6)15-12-16-27(29)21(7)8;1-8(2)10-6-5-7-11(9(3)4)12(10)13;2*1-7-5-3-2-4-6-7;4-2(5)1-3(6)7;;/h2*11-21H,1-10H3;5-9H,1-4H3;2*2-6H,1H3;1H2,(H,4,5)(H,6,7);;/q2*-1;-2;;;;2*+3/p-2/b2*22-17-,31-23?;;;;;;. The van der Waals surface area contributed by atoms with Crippen LogP contribution in [0.4, 0.5) is 22.7 Å². The van der Waals surface area contributed by atoms with Crippen LogP contribution in [0.25, 0.3) is 10.6 Å². The summed E-state index contributed by atoms with van der Waals surface area (Å²) in [6, 6.07) is 53.3. The first-order valence-corrected chi connectivity index (χ1v) is 35.1. The van der Waals surface area contributed by atoms with E-state index in [4.69, 9.17) is 20.6 Å². The summed E-state index contributed by atoms with van der Waals surface area (Å²) in [5.74, 6) is 1.37. The number of carbonyl (C=O) groups excluding carboxylic acids is 2. The van der Waals surface area contributed by atoms with Gasteiger partial charge in [-0.1, -0.05) is 350 Å². The van der Waals surface area contributed by atoms with Crippen molar-refractivity contribution in [3.63, 3.8) is 0 Å². The number of benzene rings is 7. The average Bonchev–Trinajstić information content (AvgIpc) is 0.846. The Morgan fingerprint density at radius 1 is 0.347 bits per heavy atom. The van der Waals surface area contributed by atoms with Crippen LogP contribution in [0.1, 0.15) is 299 Å². The molecule has 7 aromatic carbocycles. The second-order valence-electron chi connectivity index (χ2n) is 28.0. The molecule has 520 valence electrons. The van der Waals surface area contributed by atoms with Gasteiger partial charge in [0.1, 0.15) is 0 Å². The molecule has 0 aliphatic carbocycles. The van der Waals surface area contributed by atoms with Crippen molar-refractivity contribution in [3.8, 4) is 0 Å². The van der Waals surface area contributed by atoms with E-state index in [0.29, 0.717) is 59.2 Å². The second kappa shape index (κ2) is 47.2. The van der Waals surface area contributed by atoms with E-state index >= 15 is 0 Å². The zero-order valence-corrected chi connectivity index (χ0v) is 69.1. The van der Waals surface area contributed by atoms with E-state index in [-0.39, 0.29) is 51.7 Å². The molecule has 0 saturated carbocycles. The number of hydrogen-bond donors (Lipinski definition) is 0. The topological polar surface area (TPSA) is 133 Å². The first kappa shape index (κ1) is 92.1.